The van der Waals surface area contributed by atoms with Crippen molar-refractivity contribution in [3.05, 3.63) is 77.4 Å². The van der Waals surface area contributed by atoms with Crippen molar-refractivity contribution in [3.63, 3.8) is 0 Å². The quantitative estimate of drug-likeness (QED) is 0.382. The predicted molar refractivity (Wildman–Crippen MR) is 103 cm³/mol. The van der Waals surface area contributed by atoms with Crippen LogP contribution in [-0.4, -0.2) is 32.8 Å². The number of rotatable bonds is 6. The molecule has 0 amide bonds. The van der Waals surface area contributed by atoms with Gasteiger partial charge in [-0.3, -0.25) is 4.79 Å². The van der Waals surface area contributed by atoms with Crippen LogP contribution in [0.3, 0.4) is 0 Å². The summed E-state index contributed by atoms with van der Waals surface area (Å²) in [7, 11) is 0. The van der Waals surface area contributed by atoms with Gasteiger partial charge in [-0.25, -0.2) is 0 Å². The van der Waals surface area contributed by atoms with Gasteiger partial charge in [-0.1, -0.05) is 24.3 Å². The third-order valence-corrected chi connectivity index (χ3v) is 4.10. The van der Waals surface area contributed by atoms with Crippen LogP contribution >= 0.6 is 0 Å². The first-order chi connectivity index (χ1) is 13.5. The van der Waals surface area contributed by atoms with Crippen LogP contribution in [-0.2, 0) is 6.42 Å². The number of carbonyl (C=O) groups excluding carboxylic acids is 1. The third kappa shape index (κ3) is 4.16. The van der Waals surface area contributed by atoms with E-state index in [0.29, 0.717) is 12.1 Å². The lowest BCUT2D eigenvalue weighted by Crippen LogP contribution is -2.02. The van der Waals surface area contributed by atoms with E-state index in [-0.39, 0.29) is 34.9 Å². The number of aromatic hydroxyl groups is 3. The fraction of sp³-hybridized carbons (Fsp3) is 0.0952. The van der Waals surface area contributed by atoms with Crippen LogP contribution in [0.4, 0.5) is 11.4 Å². The molecule has 4 N–H and O–H groups in total. The lowest BCUT2D eigenvalue weighted by Gasteiger charge is -2.08. The van der Waals surface area contributed by atoms with E-state index in [1.165, 1.54) is 18.2 Å². The second-order valence-corrected chi connectivity index (χ2v) is 6.04. The summed E-state index contributed by atoms with van der Waals surface area (Å²) in [6.07, 6.45) is 0.536. The van der Waals surface area contributed by atoms with E-state index in [0.717, 1.165) is 11.6 Å². The molecule has 3 rings (SSSR count). The number of phenols is 3. The zero-order chi connectivity index (χ0) is 20.1. The van der Waals surface area contributed by atoms with Crippen molar-refractivity contribution < 1.29 is 25.2 Å². The summed E-state index contributed by atoms with van der Waals surface area (Å²) in [5.74, 6) is -1.60. The number of aliphatic hydroxyl groups is 1. The first-order valence-electron chi connectivity index (χ1n) is 8.50. The van der Waals surface area contributed by atoms with Gasteiger partial charge in [-0.2, -0.15) is 5.11 Å². The number of aliphatic hydroxyl groups excluding tert-OH is 1. The Balaban J connectivity index is 1.91. The average molecular weight is 378 g/mol. The Hall–Kier alpha value is -3.71. The highest BCUT2D eigenvalue weighted by Gasteiger charge is 2.19. The van der Waals surface area contributed by atoms with Gasteiger partial charge in [0.05, 0.1) is 16.8 Å². The number of ketones is 1. The average Bonchev–Trinajstić information content (AvgIpc) is 2.68. The molecule has 0 fully saturated rings. The molecule has 0 unspecified atom stereocenters. The second-order valence-electron chi connectivity index (χ2n) is 6.04. The van der Waals surface area contributed by atoms with Crippen molar-refractivity contribution in [1.29, 1.82) is 0 Å². The van der Waals surface area contributed by atoms with Crippen LogP contribution < -0.4 is 0 Å². The minimum Gasteiger partial charge on any atom is -0.507 e. The Kier molecular flexibility index (Phi) is 5.67. The van der Waals surface area contributed by atoms with E-state index >= 15 is 0 Å². The molecule has 0 aliphatic rings. The zero-order valence-electron chi connectivity index (χ0n) is 14.8. The van der Waals surface area contributed by atoms with Gasteiger partial charge in [0, 0.05) is 12.7 Å². The summed E-state index contributed by atoms with van der Waals surface area (Å²) in [6, 6.07) is 15.2. The monoisotopic (exact) mass is 378 g/mol. The molecule has 0 saturated carbocycles. The van der Waals surface area contributed by atoms with Crippen molar-refractivity contribution in [1.82, 2.24) is 0 Å². The maximum Gasteiger partial charge on any atom is 0.200 e. The molecule has 0 radical (unpaired) electrons. The number of hydrogen-bond donors (Lipinski definition) is 4. The molecule has 3 aromatic rings. The molecular formula is C21H18N2O5. The van der Waals surface area contributed by atoms with Gasteiger partial charge in [-0.05, 0) is 42.3 Å². The minimum absolute atomic E-state index is 0.00370. The number of benzene rings is 3. The van der Waals surface area contributed by atoms with Gasteiger partial charge in [0.2, 0.25) is 5.78 Å². The predicted octanol–water partition coefficient (Wildman–Crippen LogP) is 3.98. The Morgan fingerprint density at radius 2 is 1.50 bits per heavy atom. The molecule has 28 heavy (non-hydrogen) atoms. The number of phenolic OH excluding ortho intramolecular Hbond substituents is 3. The lowest BCUT2D eigenvalue weighted by atomic mass is 10.0. The van der Waals surface area contributed by atoms with E-state index in [9.17, 15) is 20.1 Å². The van der Waals surface area contributed by atoms with Gasteiger partial charge in [0.25, 0.3) is 0 Å². The van der Waals surface area contributed by atoms with Crippen molar-refractivity contribution in [2.75, 3.05) is 6.61 Å². The van der Waals surface area contributed by atoms with Crippen molar-refractivity contribution >= 4 is 17.2 Å². The Bertz CT molecular complexity index is 1030. The lowest BCUT2D eigenvalue weighted by molar-refractivity contribution is 0.103. The molecule has 0 saturated heterocycles. The molecule has 0 aliphatic heterocycles. The first kappa shape index (κ1) is 19.1. The molecule has 0 bridgehead atoms. The molecule has 0 aromatic heterocycles. The molecule has 0 atom stereocenters. The molecule has 0 heterocycles. The van der Waals surface area contributed by atoms with Crippen molar-refractivity contribution in [3.8, 4) is 17.2 Å². The van der Waals surface area contributed by atoms with Gasteiger partial charge < -0.3 is 20.4 Å². The summed E-state index contributed by atoms with van der Waals surface area (Å²) in [5, 5.41) is 46.8. The largest absolute Gasteiger partial charge is 0.507 e. The Morgan fingerprint density at radius 3 is 2.18 bits per heavy atom. The number of para-hydroxylation sites is 1. The summed E-state index contributed by atoms with van der Waals surface area (Å²) in [4.78, 5) is 12.6. The number of nitrogens with zero attached hydrogens (tertiary/aromatic N) is 2. The molecule has 0 aliphatic carbocycles. The Morgan fingerprint density at radius 1 is 0.786 bits per heavy atom. The molecule has 142 valence electrons. The topological polar surface area (TPSA) is 123 Å². The van der Waals surface area contributed by atoms with Crippen LogP contribution in [0.5, 0.6) is 17.2 Å². The van der Waals surface area contributed by atoms with Crippen LogP contribution in [0.25, 0.3) is 0 Å². The SMILES string of the molecule is O=C(c1ccccc1O)c1cc(N=Nc2ccc(CCO)cc2)c(O)cc1O. The molecule has 3 aromatic carbocycles. The smallest absolute Gasteiger partial charge is 0.200 e. The van der Waals surface area contributed by atoms with Crippen LogP contribution in [0.15, 0.2) is 70.9 Å². The highest BCUT2D eigenvalue weighted by Crippen LogP contribution is 2.36. The number of hydrogen-bond acceptors (Lipinski definition) is 7. The van der Waals surface area contributed by atoms with Gasteiger partial charge >= 0.3 is 0 Å². The Labute approximate surface area is 160 Å². The molecule has 7 nitrogen and oxygen atoms in total. The number of carbonyl (C=O) groups is 1. The summed E-state index contributed by atoms with van der Waals surface area (Å²) in [6.45, 7) is 0.0516. The van der Waals surface area contributed by atoms with Gasteiger partial charge in [0.15, 0.2) is 0 Å². The summed E-state index contributed by atoms with van der Waals surface area (Å²) < 4.78 is 0. The van der Waals surface area contributed by atoms with Crippen LogP contribution in [0, 0.1) is 0 Å². The fourth-order valence-electron chi connectivity index (χ4n) is 2.61. The summed E-state index contributed by atoms with van der Waals surface area (Å²) >= 11 is 0. The van der Waals surface area contributed by atoms with E-state index in [2.05, 4.69) is 10.2 Å². The molecule has 0 spiro atoms. The number of azo groups is 1. The minimum atomic E-state index is -0.611. The zero-order valence-corrected chi connectivity index (χ0v) is 14.8. The maximum absolute atomic E-state index is 12.6. The second kappa shape index (κ2) is 8.32. The van der Waals surface area contributed by atoms with Gasteiger partial charge in [0.1, 0.15) is 22.9 Å². The standard InChI is InChI=1S/C21H18N2O5/c24-10-9-13-5-7-14(8-6-13)22-23-17-11-16(19(26)12-20(17)27)21(28)15-3-1-2-4-18(15)25/h1-8,11-12,24-27H,9-10H2. The highest BCUT2D eigenvalue weighted by molar-refractivity contribution is 6.12. The van der Waals surface area contributed by atoms with Crippen LogP contribution in [0.1, 0.15) is 21.5 Å². The third-order valence-electron chi connectivity index (χ3n) is 4.10. The molecule has 7 heteroatoms. The first-order valence-corrected chi connectivity index (χ1v) is 8.50. The van der Waals surface area contributed by atoms with Crippen LogP contribution in [0.2, 0.25) is 0 Å². The van der Waals surface area contributed by atoms with Crippen molar-refractivity contribution in [2.24, 2.45) is 10.2 Å². The molecular weight excluding hydrogens is 360 g/mol. The van der Waals surface area contributed by atoms with E-state index in [4.69, 9.17) is 5.11 Å². The normalized spacial score (nSPS) is 11.0. The van der Waals surface area contributed by atoms with Crippen molar-refractivity contribution in [2.45, 2.75) is 6.42 Å². The van der Waals surface area contributed by atoms with E-state index < -0.39 is 11.5 Å². The summed E-state index contributed by atoms with van der Waals surface area (Å²) in [5.41, 5.74) is 1.36. The maximum atomic E-state index is 12.6. The van der Waals surface area contributed by atoms with E-state index in [1.807, 2.05) is 0 Å². The van der Waals surface area contributed by atoms with E-state index in [1.54, 1.807) is 36.4 Å². The van der Waals surface area contributed by atoms with Gasteiger partial charge in [-0.15, -0.1) is 5.11 Å². The fourth-order valence-corrected chi connectivity index (χ4v) is 2.61. The highest BCUT2D eigenvalue weighted by atomic mass is 16.3.